The molecule has 12 heteroatoms. The summed E-state index contributed by atoms with van der Waals surface area (Å²) in [6.45, 7) is 3.81. The fraction of sp³-hybridized carbons (Fsp3) is 0.391. The first kappa shape index (κ1) is 26.3. The summed E-state index contributed by atoms with van der Waals surface area (Å²) in [5.41, 5.74) is 3.26. The number of carbonyl (C=O) groups excluding carboxylic acids is 2. The van der Waals surface area contributed by atoms with E-state index in [2.05, 4.69) is 25.1 Å². The molecule has 35 heavy (non-hydrogen) atoms. The van der Waals surface area contributed by atoms with Crippen LogP contribution >= 0.6 is 0 Å². The minimum atomic E-state index is -3.77. The molecule has 1 heterocycles. The Hall–Kier alpha value is -3.32. The maximum Gasteiger partial charge on any atom is 0.586 e. The van der Waals surface area contributed by atoms with E-state index in [1.54, 1.807) is 0 Å². The summed E-state index contributed by atoms with van der Waals surface area (Å²) in [7, 11) is 0. The third-order valence-corrected chi connectivity index (χ3v) is 4.79. The van der Waals surface area contributed by atoms with Crippen LogP contribution in [0.4, 0.5) is 14.5 Å². The molecule has 1 aliphatic heterocycles. The lowest BCUT2D eigenvalue weighted by Crippen LogP contribution is -2.45. The van der Waals surface area contributed by atoms with Crippen molar-refractivity contribution in [2.75, 3.05) is 11.9 Å². The number of nitrogens with two attached hydrogens (primary N) is 1. The number of hydrogen-bond acceptors (Lipinski definition) is 8. The van der Waals surface area contributed by atoms with E-state index in [-0.39, 0.29) is 42.7 Å². The lowest BCUT2D eigenvalue weighted by atomic mass is 10.1. The lowest BCUT2D eigenvalue weighted by Gasteiger charge is -2.21. The number of benzene rings is 2. The van der Waals surface area contributed by atoms with Crippen LogP contribution < -0.4 is 26.2 Å². The van der Waals surface area contributed by atoms with E-state index in [9.17, 15) is 18.4 Å². The standard InChI is InChI=1S/C23H27F2N3O7/c1-14(2)10-19(21(29)27-16-8-9-17-18(11-16)33-23(24,25)32-17)35-28-22(30)20(34-26)13-31-12-15-6-4-3-5-7-15/h3-9,11,14,19-20H,10,12-13,26H2,1-2H3,(H,27,29)(H,28,30)/t19-,20+/m0/s1. The highest BCUT2D eigenvalue weighted by atomic mass is 19.3. The van der Waals surface area contributed by atoms with Gasteiger partial charge in [-0.05, 0) is 30.0 Å². The van der Waals surface area contributed by atoms with Crippen molar-refractivity contribution in [1.82, 2.24) is 5.48 Å². The SMILES string of the molecule is CC(C)C[C@H](ONC(=O)[C@@H](COCc1ccccc1)ON)C(=O)Nc1ccc2c(c1)OC(F)(F)O2. The van der Waals surface area contributed by atoms with Crippen molar-refractivity contribution >= 4 is 17.5 Å². The molecule has 2 aromatic carbocycles. The van der Waals surface area contributed by atoms with E-state index in [4.69, 9.17) is 15.5 Å². The van der Waals surface area contributed by atoms with E-state index in [1.165, 1.54) is 18.2 Å². The average Bonchev–Trinajstić information content (AvgIpc) is 3.12. The van der Waals surface area contributed by atoms with Gasteiger partial charge in [-0.1, -0.05) is 44.2 Å². The van der Waals surface area contributed by atoms with Crippen LogP contribution in [-0.4, -0.2) is 36.9 Å². The molecule has 0 saturated carbocycles. The number of hydrogen-bond donors (Lipinski definition) is 3. The molecule has 4 N–H and O–H groups in total. The summed E-state index contributed by atoms with van der Waals surface area (Å²) in [6, 6.07) is 13.1. The first-order valence-corrected chi connectivity index (χ1v) is 10.8. The number of ether oxygens (including phenoxy) is 3. The zero-order chi connectivity index (χ0) is 25.4. The molecule has 2 amide bonds. The number of halogens is 2. The molecular weight excluding hydrogens is 468 g/mol. The van der Waals surface area contributed by atoms with Crippen molar-refractivity contribution in [1.29, 1.82) is 0 Å². The molecule has 0 aliphatic carbocycles. The summed E-state index contributed by atoms with van der Waals surface area (Å²) in [5.74, 6) is 3.50. The number of fused-ring (bicyclic) bond motifs is 1. The molecule has 0 saturated heterocycles. The van der Waals surface area contributed by atoms with Gasteiger partial charge in [0.2, 0.25) is 0 Å². The Balaban J connectivity index is 1.53. The first-order valence-electron chi connectivity index (χ1n) is 10.8. The van der Waals surface area contributed by atoms with Crippen LogP contribution in [0.2, 0.25) is 0 Å². The maximum absolute atomic E-state index is 13.2. The molecule has 0 aromatic heterocycles. The molecule has 0 fully saturated rings. The van der Waals surface area contributed by atoms with E-state index in [0.29, 0.717) is 0 Å². The van der Waals surface area contributed by atoms with Gasteiger partial charge in [0.25, 0.3) is 11.8 Å². The summed E-state index contributed by atoms with van der Waals surface area (Å²) < 4.78 is 40.6. The molecular formula is C23H27F2N3O7. The van der Waals surface area contributed by atoms with E-state index >= 15 is 0 Å². The topological polar surface area (TPSA) is 130 Å². The van der Waals surface area contributed by atoms with Gasteiger partial charge < -0.3 is 19.5 Å². The third kappa shape index (κ3) is 7.86. The molecule has 2 aromatic rings. The smallest absolute Gasteiger partial charge is 0.395 e. The molecule has 3 rings (SSSR count). The summed E-state index contributed by atoms with van der Waals surface area (Å²) in [5, 5.41) is 2.55. The second-order valence-electron chi connectivity index (χ2n) is 8.15. The Bertz CT molecular complexity index is 1010. The summed E-state index contributed by atoms with van der Waals surface area (Å²) >= 11 is 0. The van der Waals surface area contributed by atoms with E-state index in [0.717, 1.165) is 5.56 Å². The van der Waals surface area contributed by atoms with Gasteiger partial charge in [-0.2, -0.15) is 0 Å². The number of anilines is 1. The second-order valence-corrected chi connectivity index (χ2v) is 8.15. The Morgan fingerprint density at radius 1 is 1.03 bits per heavy atom. The molecule has 0 bridgehead atoms. The number of amides is 2. The highest BCUT2D eigenvalue weighted by molar-refractivity contribution is 5.94. The summed E-state index contributed by atoms with van der Waals surface area (Å²) in [4.78, 5) is 35.2. The van der Waals surface area contributed by atoms with Crippen LogP contribution in [0.5, 0.6) is 11.5 Å². The zero-order valence-corrected chi connectivity index (χ0v) is 19.2. The van der Waals surface area contributed by atoms with Gasteiger partial charge in [0.05, 0.1) is 13.2 Å². The summed E-state index contributed by atoms with van der Waals surface area (Å²) in [6.07, 6.45) is -5.82. The number of alkyl halides is 2. The van der Waals surface area contributed by atoms with Gasteiger partial charge in [0.15, 0.2) is 23.7 Å². The molecule has 190 valence electrons. The van der Waals surface area contributed by atoms with Gasteiger partial charge >= 0.3 is 6.29 Å². The Labute approximate surface area is 200 Å². The maximum atomic E-state index is 13.2. The number of carbonyl (C=O) groups is 2. The van der Waals surface area contributed by atoms with Crippen molar-refractivity contribution < 1.29 is 42.3 Å². The Kier molecular flexibility index (Phi) is 8.93. The Morgan fingerprint density at radius 2 is 1.74 bits per heavy atom. The quantitative estimate of drug-likeness (QED) is 0.383. The van der Waals surface area contributed by atoms with Crippen molar-refractivity contribution in [2.24, 2.45) is 11.8 Å². The van der Waals surface area contributed by atoms with Gasteiger partial charge in [-0.25, -0.2) is 11.4 Å². The molecule has 0 unspecified atom stereocenters. The van der Waals surface area contributed by atoms with Gasteiger partial charge in [0, 0.05) is 11.8 Å². The first-order chi connectivity index (χ1) is 16.7. The van der Waals surface area contributed by atoms with Crippen molar-refractivity contribution in [3.63, 3.8) is 0 Å². The van der Waals surface area contributed by atoms with Crippen LogP contribution in [-0.2, 0) is 30.6 Å². The van der Waals surface area contributed by atoms with Crippen LogP contribution in [0.3, 0.4) is 0 Å². The fourth-order valence-corrected chi connectivity index (χ4v) is 3.12. The van der Waals surface area contributed by atoms with Gasteiger partial charge in [-0.3, -0.25) is 19.3 Å². The monoisotopic (exact) mass is 495 g/mol. The molecule has 0 spiro atoms. The molecule has 0 radical (unpaired) electrons. The van der Waals surface area contributed by atoms with Gasteiger partial charge in [-0.15, -0.1) is 8.78 Å². The molecule has 2 atom stereocenters. The van der Waals surface area contributed by atoms with Crippen LogP contribution in [0.25, 0.3) is 0 Å². The minimum Gasteiger partial charge on any atom is -0.395 e. The highest BCUT2D eigenvalue weighted by Gasteiger charge is 2.43. The second kappa shape index (κ2) is 11.9. The number of hydroxylamine groups is 1. The zero-order valence-electron chi connectivity index (χ0n) is 19.2. The minimum absolute atomic E-state index is 0.0221. The van der Waals surface area contributed by atoms with Crippen molar-refractivity contribution in [3.05, 3.63) is 54.1 Å². The predicted molar refractivity (Wildman–Crippen MR) is 119 cm³/mol. The van der Waals surface area contributed by atoms with Crippen molar-refractivity contribution in [3.8, 4) is 11.5 Å². The lowest BCUT2D eigenvalue weighted by molar-refractivity contribution is -0.286. The highest BCUT2D eigenvalue weighted by Crippen LogP contribution is 2.42. The normalized spacial score (nSPS) is 15.5. The fourth-order valence-electron chi connectivity index (χ4n) is 3.12. The Morgan fingerprint density at radius 3 is 2.43 bits per heavy atom. The van der Waals surface area contributed by atoms with Crippen molar-refractivity contribution in [2.45, 2.75) is 45.4 Å². The largest absolute Gasteiger partial charge is 0.586 e. The third-order valence-electron chi connectivity index (χ3n) is 4.79. The van der Waals surface area contributed by atoms with E-state index < -0.39 is 30.3 Å². The average molecular weight is 495 g/mol. The molecule has 1 aliphatic rings. The van der Waals surface area contributed by atoms with Crippen LogP contribution in [0, 0.1) is 5.92 Å². The molecule has 10 nitrogen and oxygen atoms in total. The number of nitrogens with one attached hydrogen (secondary N) is 2. The van der Waals surface area contributed by atoms with Crippen LogP contribution in [0.1, 0.15) is 25.8 Å². The predicted octanol–water partition coefficient (Wildman–Crippen LogP) is 2.88. The number of rotatable bonds is 12. The van der Waals surface area contributed by atoms with E-state index in [1.807, 2.05) is 44.2 Å². The van der Waals surface area contributed by atoms with Gasteiger partial charge in [0.1, 0.15) is 0 Å². The van der Waals surface area contributed by atoms with Crippen LogP contribution in [0.15, 0.2) is 48.5 Å².